The van der Waals surface area contributed by atoms with Crippen LogP contribution in [-0.4, -0.2) is 18.4 Å². The third-order valence-electron chi connectivity index (χ3n) is 5.79. The molecular weight excluding hydrogens is 509 g/mol. The van der Waals surface area contributed by atoms with Crippen LogP contribution in [0.3, 0.4) is 0 Å². The van der Waals surface area contributed by atoms with Gasteiger partial charge in [0.25, 0.3) is 0 Å². The third kappa shape index (κ3) is 6.20. The van der Waals surface area contributed by atoms with Gasteiger partial charge in [0, 0.05) is 23.7 Å². The molecule has 3 aromatic rings. The number of nitrogens with one attached hydrogen (secondary N) is 2. The summed E-state index contributed by atoms with van der Waals surface area (Å²) in [5.41, 5.74) is 8.88. The summed E-state index contributed by atoms with van der Waals surface area (Å²) in [6, 6.07) is 18.1. The molecule has 0 aromatic heterocycles. The van der Waals surface area contributed by atoms with Gasteiger partial charge in [-0.3, -0.25) is 20.4 Å². The van der Waals surface area contributed by atoms with Crippen LogP contribution in [0.4, 0.5) is 11.4 Å². The summed E-state index contributed by atoms with van der Waals surface area (Å²) in [5.74, 6) is -0.370. The summed E-state index contributed by atoms with van der Waals surface area (Å²) in [5, 5.41) is 1.38. The molecule has 4 rings (SSSR count). The SMILES string of the molecule is CCc1ccc(N2C[C@@H](C(=O)NNc3cc(Cl)ccc3OCc3ccc(Cl)c(Cl)c3)CC2=O)cc1. The number of hydrazine groups is 1. The Kier molecular flexibility index (Phi) is 8.06. The molecule has 35 heavy (non-hydrogen) atoms. The van der Waals surface area contributed by atoms with Crippen LogP contribution < -0.4 is 20.5 Å². The fourth-order valence-corrected chi connectivity index (χ4v) is 4.28. The zero-order chi connectivity index (χ0) is 24.9. The Bertz CT molecular complexity index is 1230. The smallest absolute Gasteiger partial charge is 0.243 e. The predicted octanol–water partition coefficient (Wildman–Crippen LogP) is 6.28. The molecule has 0 unspecified atom stereocenters. The van der Waals surface area contributed by atoms with Crippen LogP contribution in [0.1, 0.15) is 24.5 Å². The molecule has 0 spiro atoms. The number of benzene rings is 3. The second-order valence-electron chi connectivity index (χ2n) is 8.22. The van der Waals surface area contributed by atoms with E-state index in [4.69, 9.17) is 39.5 Å². The number of halogens is 3. The number of carbonyl (C=O) groups is 2. The number of amides is 2. The van der Waals surface area contributed by atoms with Gasteiger partial charge in [-0.1, -0.05) is 59.9 Å². The third-order valence-corrected chi connectivity index (χ3v) is 6.77. The van der Waals surface area contributed by atoms with E-state index in [1.165, 1.54) is 5.56 Å². The maximum Gasteiger partial charge on any atom is 0.243 e. The number of hydrogen-bond acceptors (Lipinski definition) is 4. The number of hydrogen-bond donors (Lipinski definition) is 2. The van der Waals surface area contributed by atoms with Crippen molar-refractivity contribution in [3.63, 3.8) is 0 Å². The van der Waals surface area contributed by atoms with Crippen LogP contribution >= 0.6 is 34.8 Å². The van der Waals surface area contributed by atoms with Crippen molar-refractivity contribution >= 4 is 58.0 Å². The predicted molar refractivity (Wildman–Crippen MR) is 140 cm³/mol. The molecule has 1 atom stereocenters. The first-order valence-electron chi connectivity index (χ1n) is 11.2. The first kappa shape index (κ1) is 25.2. The fourth-order valence-electron chi connectivity index (χ4n) is 3.79. The lowest BCUT2D eigenvalue weighted by Crippen LogP contribution is -2.36. The molecule has 0 aliphatic carbocycles. The number of anilines is 2. The van der Waals surface area contributed by atoms with E-state index in [1.807, 2.05) is 30.3 Å². The standard InChI is InChI=1S/C26H24Cl3N3O3/c1-2-16-3-7-20(8-4-16)32-14-18(12-25(32)33)26(34)31-30-23-13-19(27)6-10-24(23)35-15-17-5-9-21(28)22(29)11-17/h3-11,13,18,30H,2,12,14-15H2,1H3,(H,31,34)/t18-/m0/s1. The minimum atomic E-state index is -0.486. The highest BCUT2D eigenvalue weighted by atomic mass is 35.5. The minimum absolute atomic E-state index is 0.0807. The first-order chi connectivity index (χ1) is 16.8. The van der Waals surface area contributed by atoms with Gasteiger partial charge in [-0.05, 0) is 60.0 Å². The van der Waals surface area contributed by atoms with E-state index in [1.54, 1.807) is 35.2 Å². The summed E-state index contributed by atoms with van der Waals surface area (Å²) in [4.78, 5) is 27.0. The van der Waals surface area contributed by atoms with Crippen molar-refractivity contribution in [1.29, 1.82) is 0 Å². The highest BCUT2D eigenvalue weighted by molar-refractivity contribution is 6.42. The van der Waals surface area contributed by atoms with Crippen molar-refractivity contribution in [2.45, 2.75) is 26.4 Å². The van der Waals surface area contributed by atoms with Crippen LogP contribution in [-0.2, 0) is 22.6 Å². The van der Waals surface area contributed by atoms with E-state index in [-0.39, 0.29) is 24.8 Å². The average molecular weight is 533 g/mol. The van der Waals surface area contributed by atoms with Gasteiger partial charge in [-0.15, -0.1) is 0 Å². The van der Waals surface area contributed by atoms with Crippen LogP contribution in [0, 0.1) is 5.92 Å². The second kappa shape index (κ2) is 11.2. The Labute approximate surface area is 219 Å². The number of nitrogens with zero attached hydrogens (tertiary/aromatic N) is 1. The molecule has 2 amide bonds. The molecule has 1 saturated heterocycles. The van der Waals surface area contributed by atoms with Crippen LogP contribution in [0.15, 0.2) is 60.7 Å². The zero-order valence-corrected chi connectivity index (χ0v) is 21.3. The molecular formula is C26H24Cl3N3O3. The average Bonchev–Trinajstić information content (AvgIpc) is 3.25. The highest BCUT2D eigenvalue weighted by Gasteiger charge is 2.35. The summed E-state index contributed by atoms with van der Waals surface area (Å²) in [6.07, 6.45) is 1.06. The Balaban J connectivity index is 1.38. The molecule has 0 bridgehead atoms. The maximum atomic E-state index is 12.8. The summed E-state index contributed by atoms with van der Waals surface area (Å²) in [6.45, 7) is 2.63. The zero-order valence-electron chi connectivity index (χ0n) is 19.0. The van der Waals surface area contributed by atoms with Gasteiger partial charge >= 0.3 is 0 Å². The molecule has 9 heteroatoms. The number of rotatable bonds is 8. The van der Waals surface area contributed by atoms with Gasteiger partial charge in [-0.2, -0.15) is 0 Å². The Morgan fingerprint density at radius 2 is 1.74 bits per heavy atom. The van der Waals surface area contributed by atoms with E-state index in [0.717, 1.165) is 17.7 Å². The molecule has 182 valence electrons. The summed E-state index contributed by atoms with van der Waals surface area (Å²) in [7, 11) is 0. The lowest BCUT2D eigenvalue weighted by Gasteiger charge is -2.18. The van der Waals surface area contributed by atoms with E-state index in [9.17, 15) is 9.59 Å². The Morgan fingerprint density at radius 3 is 2.46 bits per heavy atom. The Hall–Kier alpha value is -2.93. The Morgan fingerprint density at radius 1 is 1.00 bits per heavy atom. The van der Waals surface area contributed by atoms with Gasteiger partial charge in [0.2, 0.25) is 11.8 Å². The van der Waals surface area contributed by atoms with Crippen molar-refractivity contribution in [2.24, 2.45) is 5.92 Å². The monoisotopic (exact) mass is 531 g/mol. The van der Waals surface area contributed by atoms with Crippen molar-refractivity contribution in [1.82, 2.24) is 5.43 Å². The molecule has 1 aliphatic heterocycles. The molecule has 2 N–H and O–H groups in total. The molecule has 0 saturated carbocycles. The lowest BCUT2D eigenvalue weighted by molar-refractivity contribution is -0.125. The molecule has 1 aliphatic rings. The van der Waals surface area contributed by atoms with Gasteiger partial charge in [0.05, 0.1) is 21.7 Å². The summed E-state index contributed by atoms with van der Waals surface area (Å²) < 4.78 is 5.91. The van der Waals surface area contributed by atoms with E-state index in [2.05, 4.69) is 17.8 Å². The van der Waals surface area contributed by atoms with E-state index < -0.39 is 5.92 Å². The van der Waals surface area contributed by atoms with Gasteiger partial charge in [0.15, 0.2) is 0 Å². The lowest BCUT2D eigenvalue weighted by atomic mass is 10.1. The fraction of sp³-hybridized carbons (Fsp3) is 0.231. The van der Waals surface area contributed by atoms with Gasteiger partial charge in [-0.25, -0.2) is 0 Å². The van der Waals surface area contributed by atoms with Crippen molar-refractivity contribution in [3.8, 4) is 5.75 Å². The van der Waals surface area contributed by atoms with Crippen LogP contribution in [0.2, 0.25) is 15.1 Å². The first-order valence-corrected chi connectivity index (χ1v) is 12.3. The molecule has 3 aromatic carbocycles. The van der Waals surface area contributed by atoms with Gasteiger partial charge < -0.3 is 9.64 Å². The quantitative estimate of drug-likeness (QED) is 0.335. The molecule has 0 radical (unpaired) electrons. The molecule has 6 nitrogen and oxygen atoms in total. The second-order valence-corrected chi connectivity index (χ2v) is 9.47. The number of aryl methyl sites for hydroxylation is 1. The number of carbonyl (C=O) groups excluding carboxylic acids is 2. The van der Waals surface area contributed by atoms with Crippen LogP contribution in [0.5, 0.6) is 5.75 Å². The number of ether oxygens (including phenoxy) is 1. The van der Waals surface area contributed by atoms with Crippen molar-refractivity contribution in [3.05, 3.63) is 86.9 Å². The van der Waals surface area contributed by atoms with E-state index in [0.29, 0.717) is 33.0 Å². The van der Waals surface area contributed by atoms with Crippen molar-refractivity contribution in [2.75, 3.05) is 16.9 Å². The highest BCUT2D eigenvalue weighted by Crippen LogP contribution is 2.30. The van der Waals surface area contributed by atoms with Crippen molar-refractivity contribution < 1.29 is 14.3 Å². The topological polar surface area (TPSA) is 70.7 Å². The normalized spacial score (nSPS) is 15.3. The van der Waals surface area contributed by atoms with Gasteiger partial charge in [0.1, 0.15) is 12.4 Å². The largest absolute Gasteiger partial charge is 0.487 e. The molecule has 1 heterocycles. The maximum absolute atomic E-state index is 12.8. The minimum Gasteiger partial charge on any atom is -0.487 e. The molecule has 1 fully saturated rings. The van der Waals surface area contributed by atoms with E-state index >= 15 is 0 Å². The summed E-state index contributed by atoms with van der Waals surface area (Å²) >= 11 is 18.2. The van der Waals surface area contributed by atoms with Crippen LogP contribution in [0.25, 0.3) is 0 Å².